The molecule has 1 saturated heterocycles. The molecule has 47 heavy (non-hydrogen) atoms. The number of benzene rings is 2. The van der Waals surface area contributed by atoms with E-state index in [1.54, 1.807) is 24.5 Å². The third-order valence-corrected chi connectivity index (χ3v) is 10.4. The van der Waals surface area contributed by atoms with Crippen LogP contribution in [-0.4, -0.2) is 56.5 Å². The highest BCUT2D eigenvalue weighted by atomic mass is 32.2. The van der Waals surface area contributed by atoms with Gasteiger partial charge in [0, 0.05) is 36.8 Å². The molecule has 2 N–H and O–H groups in total. The molecule has 2 aromatic carbocycles. The van der Waals surface area contributed by atoms with Crippen molar-refractivity contribution in [3.63, 3.8) is 0 Å². The summed E-state index contributed by atoms with van der Waals surface area (Å²) in [5, 5.41) is 2.76. The van der Waals surface area contributed by atoms with Gasteiger partial charge in [-0.2, -0.15) is 0 Å². The van der Waals surface area contributed by atoms with Crippen LogP contribution in [-0.2, 0) is 37.8 Å². The molecule has 0 bridgehead atoms. The standard InChI is InChI=1S/C36H45FN4O5S/c1-5-45-29-22-32(41(23-29)34(43)46-24-26-9-7-6-8-10-26)33(42)39-31-21-28(13-14-30(31)37)36(18-15-25-11-12-25,27-16-19-38-20-17-27)40-47(44)35(2,3)4/h6-10,13-14,16-17,19-21,25,29,32,40H,5,11-12,15,18,22-24H2,1-4H3,(H,39,42)/t29-,32-,36?,47?/m1/s1. The summed E-state index contributed by atoms with van der Waals surface area (Å²) in [5.74, 6) is -0.588. The number of carbonyl (C=O) groups is 2. The lowest BCUT2D eigenvalue weighted by Gasteiger charge is -2.39. The molecule has 1 aliphatic heterocycles. The molecule has 11 heteroatoms. The van der Waals surface area contributed by atoms with E-state index in [9.17, 15) is 14.1 Å². The maximum absolute atomic E-state index is 15.5. The van der Waals surface area contributed by atoms with Gasteiger partial charge in [0.25, 0.3) is 0 Å². The van der Waals surface area contributed by atoms with Crippen molar-refractivity contribution in [3.8, 4) is 0 Å². The number of aromatic nitrogens is 1. The van der Waals surface area contributed by atoms with E-state index < -0.39 is 45.5 Å². The Kier molecular flexibility index (Phi) is 11.2. The molecule has 2 fully saturated rings. The molecule has 3 aromatic rings. The predicted octanol–water partition coefficient (Wildman–Crippen LogP) is 6.46. The van der Waals surface area contributed by atoms with E-state index in [-0.39, 0.29) is 31.4 Å². The van der Waals surface area contributed by atoms with Gasteiger partial charge in [0.05, 0.1) is 18.3 Å². The Bertz CT molecular complexity index is 1500. The Morgan fingerprint density at radius 3 is 2.45 bits per heavy atom. The summed E-state index contributed by atoms with van der Waals surface area (Å²) >= 11 is -1.48. The van der Waals surface area contributed by atoms with E-state index in [1.807, 2.05) is 70.2 Å². The van der Waals surface area contributed by atoms with Crippen LogP contribution in [0.25, 0.3) is 0 Å². The summed E-state index contributed by atoms with van der Waals surface area (Å²) in [7, 11) is 0. The molecular weight excluding hydrogens is 619 g/mol. The van der Waals surface area contributed by atoms with Gasteiger partial charge in [0.2, 0.25) is 5.91 Å². The zero-order valence-corrected chi connectivity index (χ0v) is 28.4. The molecule has 2 unspecified atom stereocenters. The molecule has 2 heterocycles. The first kappa shape index (κ1) is 34.8. The van der Waals surface area contributed by atoms with Crippen molar-refractivity contribution in [2.45, 2.75) is 88.8 Å². The van der Waals surface area contributed by atoms with E-state index in [4.69, 9.17) is 9.47 Å². The first-order valence-corrected chi connectivity index (χ1v) is 17.4. The highest BCUT2D eigenvalue weighted by Crippen LogP contribution is 2.43. The van der Waals surface area contributed by atoms with Crippen LogP contribution in [0.1, 0.15) is 76.5 Å². The Hall–Kier alpha value is -3.51. The normalized spacial score (nSPS) is 20.0. The van der Waals surface area contributed by atoms with Crippen LogP contribution < -0.4 is 10.0 Å². The van der Waals surface area contributed by atoms with Crippen LogP contribution in [0.3, 0.4) is 0 Å². The lowest BCUT2D eigenvalue weighted by atomic mass is 9.79. The van der Waals surface area contributed by atoms with Crippen molar-refractivity contribution >= 4 is 29.0 Å². The molecule has 2 amide bonds. The molecule has 4 atom stereocenters. The third-order valence-electron chi connectivity index (χ3n) is 8.75. The lowest BCUT2D eigenvalue weighted by Crippen LogP contribution is -2.52. The second-order valence-corrected chi connectivity index (χ2v) is 15.3. The Morgan fingerprint density at radius 2 is 1.79 bits per heavy atom. The van der Waals surface area contributed by atoms with Gasteiger partial charge in [-0.1, -0.05) is 49.2 Å². The van der Waals surface area contributed by atoms with Gasteiger partial charge in [0.1, 0.15) is 28.8 Å². The topological polar surface area (TPSA) is 116 Å². The monoisotopic (exact) mass is 664 g/mol. The van der Waals surface area contributed by atoms with Gasteiger partial charge >= 0.3 is 6.09 Å². The van der Waals surface area contributed by atoms with Gasteiger partial charge in [-0.15, -0.1) is 4.72 Å². The molecule has 252 valence electrons. The number of halogens is 1. The Morgan fingerprint density at radius 1 is 1.06 bits per heavy atom. The van der Waals surface area contributed by atoms with Crippen molar-refractivity contribution < 1.29 is 28.0 Å². The number of hydrogen-bond donors (Lipinski definition) is 2. The maximum atomic E-state index is 15.5. The van der Waals surface area contributed by atoms with Crippen molar-refractivity contribution in [1.29, 1.82) is 0 Å². The summed E-state index contributed by atoms with van der Waals surface area (Å²) in [6.45, 7) is 8.21. The molecule has 1 saturated carbocycles. The van der Waals surface area contributed by atoms with E-state index >= 15 is 4.39 Å². The van der Waals surface area contributed by atoms with Crippen LogP contribution in [0.2, 0.25) is 0 Å². The Labute approximate surface area is 279 Å². The first-order chi connectivity index (χ1) is 22.5. The number of rotatable bonds is 13. The van der Waals surface area contributed by atoms with Gasteiger partial charge in [-0.3, -0.25) is 14.7 Å². The third kappa shape index (κ3) is 8.70. The van der Waals surface area contributed by atoms with Gasteiger partial charge in [-0.05, 0) is 87.4 Å². The minimum Gasteiger partial charge on any atom is -0.598 e. The van der Waals surface area contributed by atoms with Crippen LogP contribution in [0.15, 0.2) is 73.1 Å². The predicted molar refractivity (Wildman–Crippen MR) is 180 cm³/mol. The minimum atomic E-state index is -1.48. The quantitative estimate of drug-likeness (QED) is 0.202. The van der Waals surface area contributed by atoms with Crippen molar-refractivity contribution in [1.82, 2.24) is 14.6 Å². The molecular formula is C36H45FN4O5S. The highest BCUT2D eigenvalue weighted by molar-refractivity contribution is 7.90. The maximum Gasteiger partial charge on any atom is 0.410 e. The smallest absolute Gasteiger partial charge is 0.410 e. The average Bonchev–Trinajstić information content (AvgIpc) is 3.80. The van der Waals surface area contributed by atoms with Gasteiger partial charge in [0.15, 0.2) is 0 Å². The summed E-state index contributed by atoms with van der Waals surface area (Å²) < 4.78 is 43.4. The highest BCUT2D eigenvalue weighted by Gasteiger charge is 2.44. The molecule has 5 rings (SSSR count). The van der Waals surface area contributed by atoms with Crippen LogP contribution in [0, 0.1) is 11.7 Å². The fourth-order valence-corrected chi connectivity index (χ4v) is 6.87. The number of ether oxygens (including phenoxy) is 2. The number of anilines is 1. The number of nitrogens with zero attached hydrogens (tertiary/aromatic N) is 2. The second kappa shape index (κ2) is 15.1. The molecule has 2 aliphatic rings. The molecule has 0 spiro atoms. The molecule has 1 aliphatic carbocycles. The molecule has 0 radical (unpaired) electrons. The number of hydrogen-bond acceptors (Lipinski definition) is 7. The summed E-state index contributed by atoms with van der Waals surface area (Å²) in [4.78, 5) is 32.6. The average molecular weight is 665 g/mol. The number of amides is 2. The van der Waals surface area contributed by atoms with Crippen LogP contribution in [0.4, 0.5) is 14.9 Å². The van der Waals surface area contributed by atoms with Crippen LogP contribution in [0.5, 0.6) is 0 Å². The van der Waals surface area contributed by atoms with Crippen molar-refractivity contribution in [2.75, 3.05) is 18.5 Å². The summed E-state index contributed by atoms with van der Waals surface area (Å²) in [6, 6.07) is 16.7. The van der Waals surface area contributed by atoms with Gasteiger partial charge in [-0.25, -0.2) is 9.18 Å². The summed E-state index contributed by atoms with van der Waals surface area (Å²) in [6.07, 6.45) is 6.41. The Balaban J connectivity index is 1.44. The second-order valence-electron chi connectivity index (χ2n) is 13.3. The zero-order valence-electron chi connectivity index (χ0n) is 27.5. The van der Waals surface area contributed by atoms with E-state index in [0.717, 1.165) is 30.4 Å². The minimum absolute atomic E-state index is 0.0295. The molecule has 9 nitrogen and oxygen atoms in total. The van der Waals surface area contributed by atoms with E-state index in [0.29, 0.717) is 24.5 Å². The first-order valence-electron chi connectivity index (χ1n) is 16.3. The number of carbonyl (C=O) groups excluding carboxylic acids is 2. The number of pyridine rings is 1. The number of nitrogens with one attached hydrogen (secondary N) is 2. The van der Waals surface area contributed by atoms with Crippen molar-refractivity contribution in [2.24, 2.45) is 5.92 Å². The van der Waals surface area contributed by atoms with E-state index in [2.05, 4.69) is 15.0 Å². The zero-order chi connectivity index (χ0) is 33.6. The fourth-order valence-electron chi connectivity index (χ4n) is 5.91. The molecule has 1 aromatic heterocycles. The lowest BCUT2D eigenvalue weighted by molar-refractivity contribution is -0.120. The van der Waals surface area contributed by atoms with Crippen LogP contribution >= 0.6 is 0 Å². The largest absolute Gasteiger partial charge is 0.598 e. The SMILES string of the molecule is CCO[C@@H]1C[C@H](C(=O)Nc2cc(C(CCC3CC3)(N[S+]([O-])C(C)(C)C)c3ccncc3)ccc2F)N(C(=O)OCc2ccccc2)C1. The fraction of sp³-hybridized carbons (Fsp3) is 0.472. The van der Waals surface area contributed by atoms with Gasteiger partial charge < -0.3 is 19.3 Å². The van der Waals surface area contributed by atoms with E-state index in [1.165, 1.54) is 11.0 Å². The van der Waals surface area contributed by atoms with Crippen molar-refractivity contribution in [3.05, 3.63) is 95.6 Å². The summed E-state index contributed by atoms with van der Waals surface area (Å²) in [5.41, 5.74) is 1.35. The number of likely N-dealkylation sites (tertiary alicyclic amines) is 1.